The predicted octanol–water partition coefficient (Wildman–Crippen LogP) is 3.23. The van der Waals surface area contributed by atoms with Crippen LogP contribution in [0.4, 0.5) is 0 Å². The van der Waals surface area contributed by atoms with Crippen LogP contribution in [0, 0.1) is 5.92 Å². The number of amides is 1. The van der Waals surface area contributed by atoms with Crippen LogP contribution < -0.4 is 0 Å². The minimum absolute atomic E-state index is 0.0517. The van der Waals surface area contributed by atoms with Crippen LogP contribution in [0.25, 0.3) is 0 Å². The first-order valence-electron chi connectivity index (χ1n) is 6.75. The monoisotopic (exact) mass is 281 g/mol. The molecule has 0 bridgehead atoms. The molecule has 0 spiro atoms. The highest BCUT2D eigenvalue weighted by Crippen LogP contribution is 2.23. The first kappa shape index (κ1) is 14.4. The molecule has 1 aromatic rings. The molecule has 0 N–H and O–H groups in total. The van der Waals surface area contributed by atoms with E-state index in [4.69, 9.17) is 16.3 Å². The van der Waals surface area contributed by atoms with E-state index in [1.807, 2.05) is 17.0 Å². The van der Waals surface area contributed by atoms with Gasteiger partial charge in [-0.25, -0.2) is 0 Å². The minimum atomic E-state index is 0.0517. The van der Waals surface area contributed by atoms with Crippen molar-refractivity contribution in [2.24, 2.45) is 5.92 Å². The molecule has 0 aliphatic carbocycles. The lowest BCUT2D eigenvalue weighted by Crippen LogP contribution is -2.38. The van der Waals surface area contributed by atoms with Crippen molar-refractivity contribution in [1.29, 1.82) is 0 Å². The number of hydrogen-bond acceptors (Lipinski definition) is 2. The van der Waals surface area contributed by atoms with E-state index in [2.05, 4.69) is 0 Å². The second-order valence-electron chi connectivity index (χ2n) is 5.00. The van der Waals surface area contributed by atoms with E-state index in [9.17, 15) is 4.79 Å². The molecule has 1 saturated heterocycles. The summed E-state index contributed by atoms with van der Waals surface area (Å²) in [5.74, 6) is 0.728. The first-order chi connectivity index (χ1) is 9.22. The average Bonchev–Trinajstić information content (AvgIpc) is 2.45. The van der Waals surface area contributed by atoms with Crippen molar-refractivity contribution >= 4 is 17.5 Å². The Balaban J connectivity index is 1.91. The molecular formula is C15H20ClNO2. The molecule has 3 nitrogen and oxygen atoms in total. The van der Waals surface area contributed by atoms with Gasteiger partial charge in [0.2, 0.25) is 0 Å². The summed E-state index contributed by atoms with van der Waals surface area (Å²) in [6.45, 7) is 2.44. The van der Waals surface area contributed by atoms with Crippen molar-refractivity contribution in [3.05, 3.63) is 34.9 Å². The Morgan fingerprint density at radius 2 is 2.05 bits per heavy atom. The zero-order chi connectivity index (χ0) is 13.7. The fourth-order valence-corrected chi connectivity index (χ4v) is 2.73. The number of carbonyl (C=O) groups is 1. The smallest absolute Gasteiger partial charge is 0.255 e. The minimum Gasteiger partial charge on any atom is -0.385 e. The summed E-state index contributed by atoms with van der Waals surface area (Å²) in [6, 6.07) is 7.25. The molecule has 1 fully saturated rings. The molecule has 1 aliphatic rings. The second kappa shape index (κ2) is 6.92. The first-order valence-corrected chi connectivity index (χ1v) is 7.13. The Kier molecular flexibility index (Phi) is 5.23. The number of benzene rings is 1. The summed E-state index contributed by atoms with van der Waals surface area (Å²) in [6.07, 6.45) is 3.20. The maximum atomic E-state index is 12.4. The lowest BCUT2D eigenvalue weighted by Gasteiger charge is -2.32. The second-order valence-corrected chi connectivity index (χ2v) is 5.40. The maximum Gasteiger partial charge on any atom is 0.255 e. The number of likely N-dealkylation sites (tertiary alicyclic amines) is 1. The van der Waals surface area contributed by atoms with Crippen LogP contribution in [0.15, 0.2) is 24.3 Å². The third kappa shape index (κ3) is 3.71. The molecule has 1 aromatic carbocycles. The zero-order valence-corrected chi connectivity index (χ0v) is 12.0. The number of methoxy groups -OCH3 is 1. The number of piperidine rings is 1. The quantitative estimate of drug-likeness (QED) is 0.848. The maximum absolute atomic E-state index is 12.4. The number of nitrogens with zero attached hydrogens (tertiary/aromatic N) is 1. The molecule has 1 heterocycles. The molecule has 2 rings (SSSR count). The summed E-state index contributed by atoms with van der Waals surface area (Å²) < 4.78 is 5.11. The van der Waals surface area contributed by atoms with Gasteiger partial charge in [0, 0.05) is 26.8 Å². The Morgan fingerprint density at radius 3 is 2.68 bits per heavy atom. The van der Waals surface area contributed by atoms with Gasteiger partial charge in [-0.2, -0.15) is 0 Å². The van der Waals surface area contributed by atoms with E-state index >= 15 is 0 Å². The van der Waals surface area contributed by atoms with Gasteiger partial charge < -0.3 is 9.64 Å². The standard InChI is InChI=1S/C15H20ClNO2/c1-19-11-8-12-6-9-17(10-7-12)15(18)13-4-2-3-5-14(13)16/h2-5,12H,6-11H2,1H3. The Bertz CT molecular complexity index is 428. The fourth-order valence-electron chi connectivity index (χ4n) is 2.51. The van der Waals surface area contributed by atoms with Crippen LogP contribution in [-0.2, 0) is 4.74 Å². The molecule has 0 radical (unpaired) electrons. The molecule has 1 aliphatic heterocycles. The van der Waals surface area contributed by atoms with Gasteiger partial charge in [-0.1, -0.05) is 23.7 Å². The SMILES string of the molecule is COCCC1CCN(C(=O)c2ccccc2Cl)CC1. The van der Waals surface area contributed by atoms with Crippen molar-refractivity contribution in [3.8, 4) is 0 Å². The van der Waals surface area contributed by atoms with E-state index in [-0.39, 0.29) is 5.91 Å². The number of halogens is 1. The normalized spacial score (nSPS) is 16.6. The van der Waals surface area contributed by atoms with Crippen LogP contribution in [-0.4, -0.2) is 37.6 Å². The molecule has 0 aromatic heterocycles. The summed E-state index contributed by atoms with van der Waals surface area (Å²) in [5, 5.41) is 0.536. The van der Waals surface area contributed by atoms with Gasteiger partial charge in [-0.05, 0) is 37.3 Å². The Hall–Kier alpha value is -1.06. The number of ether oxygens (including phenoxy) is 1. The van der Waals surface area contributed by atoms with Crippen LogP contribution in [0.3, 0.4) is 0 Å². The Labute approximate surface area is 119 Å². The van der Waals surface area contributed by atoms with E-state index in [1.165, 1.54) is 0 Å². The third-order valence-electron chi connectivity index (χ3n) is 3.74. The highest BCUT2D eigenvalue weighted by atomic mass is 35.5. The van der Waals surface area contributed by atoms with Gasteiger partial charge in [-0.3, -0.25) is 4.79 Å². The van der Waals surface area contributed by atoms with Crippen molar-refractivity contribution < 1.29 is 9.53 Å². The lowest BCUT2D eigenvalue weighted by atomic mass is 9.93. The van der Waals surface area contributed by atoms with Gasteiger partial charge in [0.25, 0.3) is 5.91 Å². The van der Waals surface area contributed by atoms with Gasteiger partial charge in [0.1, 0.15) is 0 Å². The van der Waals surface area contributed by atoms with Gasteiger partial charge >= 0.3 is 0 Å². The molecule has 0 saturated carbocycles. The summed E-state index contributed by atoms with van der Waals surface area (Å²) >= 11 is 6.07. The van der Waals surface area contributed by atoms with Crippen LogP contribution >= 0.6 is 11.6 Å². The van der Waals surface area contributed by atoms with Gasteiger partial charge in [-0.15, -0.1) is 0 Å². The molecule has 104 valence electrons. The largest absolute Gasteiger partial charge is 0.385 e. The Morgan fingerprint density at radius 1 is 1.37 bits per heavy atom. The molecule has 4 heteroatoms. The lowest BCUT2D eigenvalue weighted by molar-refractivity contribution is 0.0670. The van der Waals surface area contributed by atoms with E-state index in [1.54, 1.807) is 19.2 Å². The van der Waals surface area contributed by atoms with Crippen molar-refractivity contribution in [1.82, 2.24) is 4.90 Å². The van der Waals surface area contributed by atoms with E-state index < -0.39 is 0 Å². The van der Waals surface area contributed by atoms with Crippen molar-refractivity contribution in [2.45, 2.75) is 19.3 Å². The molecule has 1 amide bonds. The third-order valence-corrected chi connectivity index (χ3v) is 4.07. The van der Waals surface area contributed by atoms with Crippen LogP contribution in [0.5, 0.6) is 0 Å². The number of hydrogen-bond donors (Lipinski definition) is 0. The molecular weight excluding hydrogens is 262 g/mol. The van der Waals surface area contributed by atoms with Crippen LogP contribution in [0.2, 0.25) is 5.02 Å². The average molecular weight is 282 g/mol. The molecule has 0 unspecified atom stereocenters. The van der Waals surface area contributed by atoms with Gasteiger partial charge in [0.15, 0.2) is 0 Å². The highest BCUT2D eigenvalue weighted by molar-refractivity contribution is 6.33. The zero-order valence-electron chi connectivity index (χ0n) is 11.3. The number of rotatable bonds is 4. The van der Waals surface area contributed by atoms with Crippen molar-refractivity contribution in [2.75, 3.05) is 26.8 Å². The topological polar surface area (TPSA) is 29.5 Å². The predicted molar refractivity (Wildman–Crippen MR) is 76.6 cm³/mol. The van der Waals surface area contributed by atoms with Crippen molar-refractivity contribution in [3.63, 3.8) is 0 Å². The van der Waals surface area contributed by atoms with E-state index in [0.29, 0.717) is 16.5 Å². The summed E-state index contributed by atoms with van der Waals surface area (Å²) in [5.41, 5.74) is 0.611. The summed E-state index contributed by atoms with van der Waals surface area (Å²) in [4.78, 5) is 14.3. The fraction of sp³-hybridized carbons (Fsp3) is 0.533. The van der Waals surface area contributed by atoms with E-state index in [0.717, 1.165) is 39.0 Å². The molecule has 0 atom stereocenters. The molecule has 19 heavy (non-hydrogen) atoms. The number of carbonyl (C=O) groups excluding carboxylic acids is 1. The van der Waals surface area contributed by atoms with Gasteiger partial charge in [0.05, 0.1) is 10.6 Å². The summed E-state index contributed by atoms with van der Waals surface area (Å²) in [7, 11) is 1.73. The highest BCUT2D eigenvalue weighted by Gasteiger charge is 2.24. The van der Waals surface area contributed by atoms with Crippen LogP contribution in [0.1, 0.15) is 29.6 Å².